The first kappa shape index (κ1) is 18.2. The third kappa shape index (κ3) is 3.69. The van der Waals surface area contributed by atoms with Crippen molar-refractivity contribution < 1.29 is 23.4 Å². The van der Waals surface area contributed by atoms with E-state index in [0.717, 1.165) is 0 Å². The predicted molar refractivity (Wildman–Crippen MR) is 100 cm³/mol. The number of nitrogens with zero attached hydrogens (tertiary/aromatic N) is 1. The maximum Gasteiger partial charge on any atom is 0.323 e. The van der Waals surface area contributed by atoms with Crippen molar-refractivity contribution >= 4 is 28.3 Å². The number of anilines is 2. The van der Waals surface area contributed by atoms with E-state index in [4.69, 9.17) is 14.2 Å². The summed E-state index contributed by atoms with van der Waals surface area (Å²) < 4.78 is 29.6. The maximum atomic E-state index is 13.9. The van der Waals surface area contributed by atoms with E-state index in [1.807, 2.05) is 0 Å². The molecule has 8 heteroatoms. The highest BCUT2D eigenvalue weighted by Gasteiger charge is 2.15. The molecule has 0 atom stereocenters. The molecular weight excluding hydrogens is 353 g/mol. The lowest BCUT2D eigenvalue weighted by Crippen LogP contribution is -2.19. The lowest BCUT2D eigenvalue weighted by molar-refractivity contribution is 0.262. The summed E-state index contributed by atoms with van der Waals surface area (Å²) in [6.07, 6.45) is 1.43. The van der Waals surface area contributed by atoms with Gasteiger partial charge in [-0.1, -0.05) is 12.1 Å². The molecule has 0 unspecified atom stereocenters. The Morgan fingerprint density at radius 1 is 1.00 bits per heavy atom. The monoisotopic (exact) mass is 371 g/mol. The molecule has 0 aliphatic heterocycles. The molecule has 1 heterocycles. The van der Waals surface area contributed by atoms with Gasteiger partial charge in [0, 0.05) is 23.7 Å². The molecule has 2 amide bonds. The minimum Gasteiger partial charge on any atom is -0.493 e. The number of amides is 2. The second kappa shape index (κ2) is 7.77. The highest BCUT2D eigenvalue weighted by Crippen LogP contribution is 2.40. The zero-order valence-electron chi connectivity index (χ0n) is 15.0. The Morgan fingerprint density at radius 3 is 2.33 bits per heavy atom. The summed E-state index contributed by atoms with van der Waals surface area (Å²) in [6.45, 7) is 0. The number of benzene rings is 2. The zero-order valence-corrected chi connectivity index (χ0v) is 15.0. The lowest BCUT2D eigenvalue weighted by Gasteiger charge is -2.15. The number of hydrogen-bond acceptors (Lipinski definition) is 5. The van der Waals surface area contributed by atoms with Gasteiger partial charge < -0.3 is 24.8 Å². The first-order valence-corrected chi connectivity index (χ1v) is 7.98. The van der Waals surface area contributed by atoms with Crippen LogP contribution in [0.4, 0.5) is 20.6 Å². The summed E-state index contributed by atoms with van der Waals surface area (Å²) in [5, 5.41) is 5.88. The number of ether oxygens (including phenoxy) is 3. The first-order chi connectivity index (χ1) is 13.1. The van der Waals surface area contributed by atoms with Crippen molar-refractivity contribution in [3.63, 3.8) is 0 Å². The summed E-state index contributed by atoms with van der Waals surface area (Å²) in [4.78, 5) is 16.4. The van der Waals surface area contributed by atoms with E-state index >= 15 is 0 Å². The van der Waals surface area contributed by atoms with Crippen molar-refractivity contribution in [2.75, 3.05) is 32.0 Å². The van der Waals surface area contributed by atoms with Crippen molar-refractivity contribution in [1.82, 2.24) is 4.98 Å². The van der Waals surface area contributed by atoms with E-state index in [9.17, 15) is 9.18 Å². The molecule has 0 bridgehead atoms. The average molecular weight is 371 g/mol. The van der Waals surface area contributed by atoms with Crippen molar-refractivity contribution in [1.29, 1.82) is 0 Å². The van der Waals surface area contributed by atoms with Gasteiger partial charge in [-0.2, -0.15) is 0 Å². The molecular formula is C19H18FN3O4. The number of aromatic nitrogens is 1. The standard InChI is InChI=1S/C19H18FN3O4/c1-25-15-9-11(10-16(26-2)18(15)27-3)22-19(24)23-14-7-8-21-17-12(14)5-4-6-13(17)20/h4-10H,1-3H3,(H2,21,22,23,24). The van der Waals surface area contributed by atoms with Crippen LogP contribution in [0, 0.1) is 5.82 Å². The Morgan fingerprint density at radius 2 is 1.70 bits per heavy atom. The number of nitrogens with one attached hydrogen (secondary N) is 2. The van der Waals surface area contributed by atoms with Crippen molar-refractivity contribution in [3.05, 3.63) is 48.4 Å². The van der Waals surface area contributed by atoms with Crippen LogP contribution >= 0.6 is 0 Å². The second-order valence-corrected chi connectivity index (χ2v) is 5.49. The fraction of sp³-hybridized carbons (Fsp3) is 0.158. The molecule has 27 heavy (non-hydrogen) atoms. The first-order valence-electron chi connectivity index (χ1n) is 7.98. The smallest absolute Gasteiger partial charge is 0.323 e. The third-order valence-corrected chi connectivity index (χ3v) is 3.89. The number of carbonyl (C=O) groups is 1. The van der Waals surface area contributed by atoms with Gasteiger partial charge in [0.2, 0.25) is 5.75 Å². The quantitative estimate of drug-likeness (QED) is 0.707. The summed E-state index contributed by atoms with van der Waals surface area (Å²) in [6, 6.07) is 8.84. The molecule has 140 valence electrons. The minimum atomic E-state index is -0.513. The number of carbonyl (C=O) groups excluding carboxylic acids is 1. The molecule has 0 spiro atoms. The number of hydrogen-bond donors (Lipinski definition) is 2. The normalized spacial score (nSPS) is 10.4. The van der Waals surface area contributed by atoms with Gasteiger partial charge in [0.1, 0.15) is 11.3 Å². The molecule has 3 rings (SSSR count). The van der Waals surface area contributed by atoms with E-state index in [-0.39, 0.29) is 5.52 Å². The van der Waals surface area contributed by atoms with Gasteiger partial charge in [0.25, 0.3) is 0 Å². The van der Waals surface area contributed by atoms with E-state index in [0.29, 0.717) is 34.0 Å². The van der Waals surface area contributed by atoms with Gasteiger partial charge in [-0.3, -0.25) is 4.98 Å². The van der Waals surface area contributed by atoms with Gasteiger partial charge in [0.05, 0.1) is 32.7 Å². The zero-order chi connectivity index (χ0) is 19.4. The highest BCUT2D eigenvalue weighted by molar-refractivity contribution is 6.05. The molecule has 0 saturated carbocycles. The van der Waals surface area contributed by atoms with Crippen LogP contribution in [0.5, 0.6) is 17.2 Å². The van der Waals surface area contributed by atoms with Crippen molar-refractivity contribution in [2.45, 2.75) is 0 Å². The van der Waals surface area contributed by atoms with Crippen LogP contribution in [0.1, 0.15) is 0 Å². The number of methoxy groups -OCH3 is 3. The lowest BCUT2D eigenvalue weighted by atomic mass is 10.2. The van der Waals surface area contributed by atoms with E-state index in [2.05, 4.69) is 15.6 Å². The summed E-state index contributed by atoms with van der Waals surface area (Å²) in [5.74, 6) is 0.773. The van der Waals surface area contributed by atoms with Crippen LogP contribution < -0.4 is 24.8 Å². The van der Waals surface area contributed by atoms with Crippen LogP contribution in [0.2, 0.25) is 0 Å². The van der Waals surface area contributed by atoms with Gasteiger partial charge in [0.15, 0.2) is 11.5 Å². The summed E-state index contributed by atoms with van der Waals surface area (Å²) in [5.41, 5.74) is 1.05. The van der Waals surface area contributed by atoms with Gasteiger partial charge in [-0.15, -0.1) is 0 Å². The Bertz CT molecular complexity index is 969. The van der Waals surface area contributed by atoms with Crippen molar-refractivity contribution in [3.8, 4) is 17.2 Å². The van der Waals surface area contributed by atoms with Crippen LogP contribution in [0.25, 0.3) is 10.9 Å². The van der Waals surface area contributed by atoms with Crippen LogP contribution in [-0.2, 0) is 0 Å². The molecule has 0 aliphatic carbocycles. The Kier molecular flexibility index (Phi) is 5.25. The number of urea groups is 1. The number of para-hydroxylation sites is 1. The Hall–Kier alpha value is -3.55. The van der Waals surface area contributed by atoms with Crippen molar-refractivity contribution in [2.24, 2.45) is 0 Å². The number of fused-ring (bicyclic) bond motifs is 1. The minimum absolute atomic E-state index is 0.183. The Labute approximate surface area is 155 Å². The van der Waals surface area contributed by atoms with Crippen LogP contribution in [-0.4, -0.2) is 32.3 Å². The SMILES string of the molecule is COc1cc(NC(=O)Nc2ccnc3c(F)cccc23)cc(OC)c1OC. The molecule has 0 radical (unpaired) electrons. The number of pyridine rings is 1. The van der Waals surface area contributed by atoms with E-state index in [1.165, 1.54) is 33.6 Å². The Balaban J connectivity index is 1.86. The second-order valence-electron chi connectivity index (χ2n) is 5.49. The number of halogens is 1. The molecule has 0 aliphatic rings. The fourth-order valence-corrected chi connectivity index (χ4v) is 2.69. The fourth-order valence-electron chi connectivity index (χ4n) is 2.69. The maximum absolute atomic E-state index is 13.9. The highest BCUT2D eigenvalue weighted by atomic mass is 19.1. The van der Waals surface area contributed by atoms with E-state index < -0.39 is 11.8 Å². The van der Waals surface area contributed by atoms with Gasteiger partial charge in [-0.25, -0.2) is 9.18 Å². The van der Waals surface area contributed by atoms with Crippen LogP contribution in [0.15, 0.2) is 42.6 Å². The summed E-state index contributed by atoms with van der Waals surface area (Å²) >= 11 is 0. The molecule has 1 aromatic heterocycles. The largest absolute Gasteiger partial charge is 0.493 e. The molecule has 7 nitrogen and oxygen atoms in total. The van der Waals surface area contributed by atoms with Gasteiger partial charge >= 0.3 is 6.03 Å². The summed E-state index contributed by atoms with van der Waals surface area (Å²) in [7, 11) is 4.46. The average Bonchev–Trinajstić information content (AvgIpc) is 2.68. The van der Waals surface area contributed by atoms with Crippen LogP contribution in [0.3, 0.4) is 0 Å². The molecule has 2 aromatic carbocycles. The van der Waals surface area contributed by atoms with E-state index in [1.54, 1.807) is 30.3 Å². The topological polar surface area (TPSA) is 81.7 Å². The molecule has 3 aromatic rings. The predicted octanol–water partition coefficient (Wildman–Crippen LogP) is 4.04. The van der Waals surface area contributed by atoms with Gasteiger partial charge in [-0.05, 0) is 12.1 Å². The molecule has 0 fully saturated rings. The third-order valence-electron chi connectivity index (χ3n) is 3.89. The number of rotatable bonds is 5. The molecule has 2 N–H and O–H groups in total. The molecule has 0 saturated heterocycles.